The van der Waals surface area contributed by atoms with Crippen LogP contribution < -0.4 is 10.6 Å². The lowest BCUT2D eigenvalue weighted by Crippen LogP contribution is -2.50. The number of hydrogen-bond acceptors (Lipinski definition) is 3. The molecule has 0 aromatic carbocycles. The van der Waals surface area contributed by atoms with E-state index in [4.69, 9.17) is 4.74 Å². The van der Waals surface area contributed by atoms with Gasteiger partial charge in [0.1, 0.15) is 0 Å². The zero-order valence-corrected chi connectivity index (χ0v) is 9.31. The summed E-state index contributed by atoms with van der Waals surface area (Å²) in [4.78, 5) is 0. The van der Waals surface area contributed by atoms with Gasteiger partial charge in [-0.3, -0.25) is 0 Å². The second-order valence-corrected chi connectivity index (χ2v) is 4.92. The van der Waals surface area contributed by atoms with Gasteiger partial charge in [-0.2, -0.15) is 0 Å². The molecule has 3 nitrogen and oxygen atoms in total. The molecule has 2 unspecified atom stereocenters. The van der Waals surface area contributed by atoms with E-state index in [0.717, 1.165) is 25.5 Å². The van der Waals surface area contributed by atoms with E-state index >= 15 is 0 Å². The number of ether oxygens (including phenoxy) is 1. The van der Waals surface area contributed by atoms with Crippen molar-refractivity contribution < 1.29 is 4.74 Å². The summed E-state index contributed by atoms with van der Waals surface area (Å²) in [5, 5.41) is 6.96. The summed E-state index contributed by atoms with van der Waals surface area (Å²) in [5.74, 6) is 0.906. The van der Waals surface area contributed by atoms with Gasteiger partial charge in [-0.1, -0.05) is 0 Å². The predicted octanol–water partition coefficient (Wildman–Crippen LogP) is 0.753. The van der Waals surface area contributed by atoms with Crippen molar-refractivity contribution in [2.75, 3.05) is 26.2 Å². The van der Waals surface area contributed by atoms with Crippen molar-refractivity contribution in [1.29, 1.82) is 0 Å². The Morgan fingerprint density at radius 2 is 2.29 bits per heavy atom. The first-order valence-electron chi connectivity index (χ1n) is 5.78. The van der Waals surface area contributed by atoms with Crippen LogP contribution in [0.25, 0.3) is 0 Å². The van der Waals surface area contributed by atoms with Crippen molar-refractivity contribution in [1.82, 2.24) is 10.6 Å². The molecule has 2 fully saturated rings. The van der Waals surface area contributed by atoms with Gasteiger partial charge in [0.15, 0.2) is 0 Å². The van der Waals surface area contributed by atoms with Crippen molar-refractivity contribution >= 4 is 0 Å². The summed E-state index contributed by atoms with van der Waals surface area (Å²) in [6, 6.07) is 0. The Bertz CT molecular complexity index is 194. The first kappa shape index (κ1) is 10.4. The summed E-state index contributed by atoms with van der Waals surface area (Å²) < 4.78 is 5.59. The molecule has 0 saturated carbocycles. The third-order valence-corrected chi connectivity index (χ3v) is 3.83. The van der Waals surface area contributed by atoms with Crippen LogP contribution in [0.1, 0.15) is 26.7 Å². The van der Waals surface area contributed by atoms with Crippen LogP contribution in [-0.2, 0) is 4.74 Å². The van der Waals surface area contributed by atoms with Crippen LogP contribution >= 0.6 is 0 Å². The average molecular weight is 198 g/mol. The molecule has 3 heteroatoms. The molecule has 2 heterocycles. The number of hydrogen-bond donors (Lipinski definition) is 2. The third-order valence-electron chi connectivity index (χ3n) is 3.83. The van der Waals surface area contributed by atoms with E-state index in [2.05, 4.69) is 24.5 Å². The monoisotopic (exact) mass is 198 g/mol. The minimum Gasteiger partial charge on any atom is -0.377 e. The van der Waals surface area contributed by atoms with Crippen molar-refractivity contribution in [2.45, 2.75) is 38.3 Å². The smallest absolute Gasteiger partial charge is 0.0726 e. The van der Waals surface area contributed by atoms with Crippen molar-refractivity contribution in [3.63, 3.8) is 0 Å². The SMILES string of the molecule is CC1OCCC1(C)NCCC1CNC1. The molecule has 82 valence electrons. The van der Waals surface area contributed by atoms with Crippen LogP contribution in [0.2, 0.25) is 0 Å². The van der Waals surface area contributed by atoms with Crippen LogP contribution in [0.15, 0.2) is 0 Å². The largest absolute Gasteiger partial charge is 0.377 e. The fraction of sp³-hybridized carbons (Fsp3) is 1.00. The lowest BCUT2D eigenvalue weighted by molar-refractivity contribution is 0.0878. The minimum absolute atomic E-state index is 0.219. The van der Waals surface area contributed by atoms with Gasteiger partial charge in [0.05, 0.1) is 6.10 Å². The molecule has 0 spiro atoms. The Labute approximate surface area is 86.6 Å². The van der Waals surface area contributed by atoms with Gasteiger partial charge in [-0.15, -0.1) is 0 Å². The van der Waals surface area contributed by atoms with Crippen LogP contribution in [0.4, 0.5) is 0 Å². The van der Waals surface area contributed by atoms with Gasteiger partial charge in [0, 0.05) is 12.1 Å². The van der Waals surface area contributed by atoms with Crippen molar-refractivity contribution in [3.05, 3.63) is 0 Å². The van der Waals surface area contributed by atoms with Crippen molar-refractivity contribution in [2.24, 2.45) is 5.92 Å². The molecule has 2 aliphatic rings. The van der Waals surface area contributed by atoms with E-state index in [-0.39, 0.29) is 5.54 Å². The maximum atomic E-state index is 5.59. The van der Waals surface area contributed by atoms with Crippen LogP contribution in [0.3, 0.4) is 0 Å². The van der Waals surface area contributed by atoms with E-state index in [1.807, 2.05) is 0 Å². The molecule has 0 amide bonds. The van der Waals surface area contributed by atoms with Crippen LogP contribution in [0, 0.1) is 5.92 Å². The van der Waals surface area contributed by atoms with Crippen LogP contribution in [-0.4, -0.2) is 37.9 Å². The molecule has 2 N–H and O–H groups in total. The Morgan fingerprint density at radius 3 is 2.79 bits per heavy atom. The Morgan fingerprint density at radius 1 is 1.50 bits per heavy atom. The van der Waals surface area contributed by atoms with Gasteiger partial charge in [-0.05, 0) is 52.2 Å². The minimum atomic E-state index is 0.219. The van der Waals surface area contributed by atoms with Gasteiger partial charge in [0.2, 0.25) is 0 Å². The summed E-state index contributed by atoms with van der Waals surface area (Å²) in [5.41, 5.74) is 0.219. The highest BCUT2D eigenvalue weighted by Gasteiger charge is 2.36. The standard InChI is InChI=1S/C11H22N2O/c1-9-11(2,4-6-14-9)13-5-3-10-7-12-8-10/h9-10,12-13H,3-8H2,1-2H3. The molecular weight excluding hydrogens is 176 g/mol. The van der Waals surface area contributed by atoms with Gasteiger partial charge >= 0.3 is 0 Å². The lowest BCUT2D eigenvalue weighted by Gasteiger charge is -2.32. The fourth-order valence-corrected chi connectivity index (χ4v) is 2.18. The van der Waals surface area contributed by atoms with E-state index in [9.17, 15) is 0 Å². The third kappa shape index (κ3) is 2.10. The molecule has 0 bridgehead atoms. The van der Waals surface area contributed by atoms with E-state index in [1.54, 1.807) is 0 Å². The van der Waals surface area contributed by atoms with Crippen molar-refractivity contribution in [3.8, 4) is 0 Å². The topological polar surface area (TPSA) is 33.3 Å². The molecular formula is C11H22N2O. The summed E-state index contributed by atoms with van der Waals surface area (Å²) in [6.45, 7) is 8.93. The average Bonchev–Trinajstić information content (AvgIpc) is 2.39. The number of nitrogens with one attached hydrogen (secondary N) is 2. The summed E-state index contributed by atoms with van der Waals surface area (Å²) in [7, 11) is 0. The molecule has 2 atom stereocenters. The van der Waals surface area contributed by atoms with Gasteiger partial charge in [-0.25, -0.2) is 0 Å². The van der Waals surface area contributed by atoms with E-state index < -0.39 is 0 Å². The first-order valence-corrected chi connectivity index (χ1v) is 5.78. The highest BCUT2D eigenvalue weighted by molar-refractivity contribution is 4.93. The molecule has 2 aliphatic heterocycles. The second kappa shape index (κ2) is 4.17. The molecule has 14 heavy (non-hydrogen) atoms. The maximum absolute atomic E-state index is 5.59. The highest BCUT2D eigenvalue weighted by Crippen LogP contribution is 2.25. The van der Waals surface area contributed by atoms with E-state index in [1.165, 1.54) is 19.5 Å². The Hall–Kier alpha value is -0.120. The normalized spacial score (nSPS) is 38.6. The zero-order valence-electron chi connectivity index (χ0n) is 9.31. The molecule has 2 rings (SSSR count). The predicted molar refractivity (Wildman–Crippen MR) is 57.4 cm³/mol. The molecule has 0 aliphatic carbocycles. The van der Waals surface area contributed by atoms with E-state index in [0.29, 0.717) is 6.10 Å². The Kier molecular flexibility index (Phi) is 3.10. The zero-order chi connectivity index (χ0) is 10.0. The lowest BCUT2D eigenvalue weighted by atomic mass is 9.93. The molecule has 2 saturated heterocycles. The molecule has 0 aromatic heterocycles. The second-order valence-electron chi connectivity index (χ2n) is 4.92. The maximum Gasteiger partial charge on any atom is 0.0726 e. The van der Waals surface area contributed by atoms with Gasteiger partial charge < -0.3 is 15.4 Å². The molecule has 0 aromatic rings. The van der Waals surface area contributed by atoms with Gasteiger partial charge in [0.25, 0.3) is 0 Å². The summed E-state index contributed by atoms with van der Waals surface area (Å²) >= 11 is 0. The Balaban J connectivity index is 1.67. The molecule has 0 radical (unpaired) electrons. The highest BCUT2D eigenvalue weighted by atomic mass is 16.5. The first-order chi connectivity index (χ1) is 6.71. The fourth-order valence-electron chi connectivity index (χ4n) is 2.18. The van der Waals surface area contributed by atoms with Crippen LogP contribution in [0.5, 0.6) is 0 Å². The quantitative estimate of drug-likeness (QED) is 0.699. The summed E-state index contributed by atoms with van der Waals surface area (Å²) in [6.07, 6.45) is 2.81. The number of rotatable bonds is 4.